The minimum atomic E-state index is -4.53. The van der Waals surface area contributed by atoms with E-state index in [1.165, 1.54) is 13.2 Å². The number of nitrogens with one attached hydrogen (secondary N) is 1. The number of methoxy groups -OCH3 is 1. The fourth-order valence-electron chi connectivity index (χ4n) is 3.86. The molecule has 1 aliphatic rings. The van der Waals surface area contributed by atoms with Gasteiger partial charge < -0.3 is 10.1 Å². The van der Waals surface area contributed by atoms with Gasteiger partial charge in [-0.25, -0.2) is 0 Å². The van der Waals surface area contributed by atoms with E-state index in [-0.39, 0.29) is 29.0 Å². The van der Waals surface area contributed by atoms with Crippen LogP contribution in [0.25, 0.3) is 5.69 Å². The van der Waals surface area contributed by atoms with Gasteiger partial charge in [0.15, 0.2) is 5.78 Å². The van der Waals surface area contributed by atoms with Gasteiger partial charge in [0.1, 0.15) is 11.3 Å². The Hall–Kier alpha value is -3.88. The molecule has 0 bridgehead atoms. The van der Waals surface area contributed by atoms with Crippen LogP contribution in [0.4, 0.5) is 18.9 Å². The monoisotopic (exact) mass is 456 g/mol. The molecular formula is C24H19F3N2O4. The summed E-state index contributed by atoms with van der Waals surface area (Å²) in [6.07, 6.45) is -3.40. The molecular weight excluding hydrogens is 437 g/mol. The lowest BCUT2D eigenvalue weighted by molar-refractivity contribution is -0.137. The van der Waals surface area contributed by atoms with Crippen molar-refractivity contribution < 1.29 is 27.5 Å². The Morgan fingerprint density at radius 3 is 2.39 bits per heavy atom. The lowest BCUT2D eigenvalue weighted by Crippen LogP contribution is -2.33. The second kappa shape index (κ2) is 8.57. The fourth-order valence-corrected chi connectivity index (χ4v) is 3.86. The molecule has 0 saturated carbocycles. The summed E-state index contributed by atoms with van der Waals surface area (Å²) in [5, 5.41) is 2.61. The molecule has 2 aromatic carbocycles. The number of amides is 1. The first kappa shape index (κ1) is 22.3. The summed E-state index contributed by atoms with van der Waals surface area (Å²) in [4.78, 5) is 39.0. The first-order valence-electron chi connectivity index (χ1n) is 10.1. The molecule has 0 saturated heterocycles. The number of alkyl halides is 3. The molecule has 170 valence electrons. The molecule has 6 nitrogen and oxygen atoms in total. The van der Waals surface area contributed by atoms with E-state index in [4.69, 9.17) is 4.74 Å². The zero-order valence-electron chi connectivity index (χ0n) is 17.5. The first-order valence-corrected chi connectivity index (χ1v) is 10.1. The van der Waals surface area contributed by atoms with Crippen LogP contribution in [0.3, 0.4) is 0 Å². The van der Waals surface area contributed by atoms with Crippen molar-refractivity contribution in [2.75, 3.05) is 12.4 Å². The van der Waals surface area contributed by atoms with Gasteiger partial charge in [0.05, 0.1) is 18.4 Å². The van der Waals surface area contributed by atoms with E-state index in [1.807, 2.05) is 0 Å². The number of carbonyl (C=O) groups excluding carboxylic acids is 2. The maximum Gasteiger partial charge on any atom is 0.416 e. The predicted octanol–water partition coefficient (Wildman–Crippen LogP) is 4.64. The SMILES string of the molecule is COc1ccccc1NC(=O)c1cc2c(n(-c3ccc(C(F)(F)F)cc3)c1=O)CCCC2=O. The van der Waals surface area contributed by atoms with Gasteiger partial charge in [0.25, 0.3) is 11.5 Å². The topological polar surface area (TPSA) is 77.4 Å². The number of anilines is 1. The number of ketones is 1. The van der Waals surface area contributed by atoms with E-state index in [0.29, 0.717) is 30.0 Å². The van der Waals surface area contributed by atoms with Gasteiger partial charge in [-0.15, -0.1) is 0 Å². The second-order valence-corrected chi connectivity index (χ2v) is 7.53. The lowest BCUT2D eigenvalue weighted by Gasteiger charge is -2.22. The Bertz CT molecular complexity index is 1290. The second-order valence-electron chi connectivity index (χ2n) is 7.53. The van der Waals surface area contributed by atoms with Crippen molar-refractivity contribution in [3.63, 3.8) is 0 Å². The quantitative estimate of drug-likeness (QED) is 0.621. The number of para-hydroxylation sites is 2. The Morgan fingerprint density at radius 1 is 1.03 bits per heavy atom. The highest BCUT2D eigenvalue weighted by atomic mass is 19.4. The standard InChI is InChI=1S/C24H19F3N2O4/c1-33-21-8-3-2-5-18(21)28-22(31)17-13-16-19(6-4-7-20(16)30)29(23(17)32)15-11-9-14(10-12-15)24(25,26)27/h2-3,5,8-13H,4,6-7H2,1H3,(H,28,31). The van der Waals surface area contributed by atoms with Gasteiger partial charge in [-0.1, -0.05) is 12.1 Å². The third kappa shape index (κ3) is 4.26. The first-order chi connectivity index (χ1) is 15.7. The van der Waals surface area contributed by atoms with Crippen LogP contribution in [0.15, 0.2) is 59.4 Å². The van der Waals surface area contributed by atoms with Crippen molar-refractivity contribution >= 4 is 17.4 Å². The number of hydrogen-bond donors (Lipinski definition) is 1. The molecule has 1 aliphatic carbocycles. The number of hydrogen-bond acceptors (Lipinski definition) is 4. The van der Waals surface area contributed by atoms with Crippen molar-refractivity contribution in [1.29, 1.82) is 0 Å². The van der Waals surface area contributed by atoms with E-state index in [0.717, 1.165) is 28.8 Å². The van der Waals surface area contributed by atoms with Crippen LogP contribution in [0.2, 0.25) is 0 Å². The van der Waals surface area contributed by atoms with Crippen molar-refractivity contribution in [3.05, 3.63) is 87.3 Å². The van der Waals surface area contributed by atoms with E-state index in [1.54, 1.807) is 24.3 Å². The highest BCUT2D eigenvalue weighted by Crippen LogP contribution is 2.31. The lowest BCUT2D eigenvalue weighted by atomic mass is 9.92. The summed E-state index contributed by atoms with van der Waals surface area (Å²) in [6.45, 7) is 0. The Kier molecular flexibility index (Phi) is 5.80. The number of nitrogens with zero attached hydrogens (tertiary/aromatic N) is 1. The van der Waals surface area contributed by atoms with Gasteiger partial charge in [0, 0.05) is 23.4 Å². The molecule has 33 heavy (non-hydrogen) atoms. The number of aromatic nitrogens is 1. The molecule has 3 aromatic rings. The number of pyridine rings is 1. The summed E-state index contributed by atoms with van der Waals surface area (Å²) in [7, 11) is 1.43. The van der Waals surface area contributed by atoms with Gasteiger partial charge in [0.2, 0.25) is 0 Å². The zero-order chi connectivity index (χ0) is 23.8. The Morgan fingerprint density at radius 2 is 1.73 bits per heavy atom. The molecule has 0 radical (unpaired) electrons. The average Bonchev–Trinajstić information content (AvgIpc) is 2.79. The zero-order valence-corrected chi connectivity index (χ0v) is 17.5. The fraction of sp³-hybridized carbons (Fsp3) is 0.208. The average molecular weight is 456 g/mol. The number of halogens is 3. The van der Waals surface area contributed by atoms with Crippen molar-refractivity contribution in [3.8, 4) is 11.4 Å². The molecule has 0 atom stereocenters. The van der Waals surface area contributed by atoms with Crippen LogP contribution in [-0.2, 0) is 12.6 Å². The normalized spacial score (nSPS) is 13.4. The number of fused-ring (bicyclic) bond motifs is 1. The van der Waals surface area contributed by atoms with Crippen LogP contribution in [0.5, 0.6) is 5.75 Å². The predicted molar refractivity (Wildman–Crippen MR) is 115 cm³/mol. The van der Waals surface area contributed by atoms with E-state index < -0.39 is 23.2 Å². The minimum absolute atomic E-state index is 0.144. The summed E-state index contributed by atoms with van der Waals surface area (Å²) in [5.41, 5.74) is -0.823. The Balaban J connectivity index is 1.84. The van der Waals surface area contributed by atoms with Gasteiger partial charge >= 0.3 is 6.18 Å². The Labute approximate surface area is 186 Å². The summed E-state index contributed by atoms with van der Waals surface area (Å²) in [5.74, 6) is -0.613. The molecule has 1 aromatic heterocycles. The van der Waals surface area contributed by atoms with E-state index >= 15 is 0 Å². The van der Waals surface area contributed by atoms with Crippen LogP contribution in [0, 0.1) is 0 Å². The van der Waals surface area contributed by atoms with Gasteiger partial charge in [-0.3, -0.25) is 19.0 Å². The smallest absolute Gasteiger partial charge is 0.416 e. The van der Waals surface area contributed by atoms with Gasteiger partial charge in [-0.05, 0) is 55.3 Å². The number of ether oxygens (including phenoxy) is 1. The third-order valence-corrected chi connectivity index (χ3v) is 5.47. The molecule has 0 aliphatic heterocycles. The van der Waals surface area contributed by atoms with Crippen LogP contribution in [-0.4, -0.2) is 23.4 Å². The number of benzene rings is 2. The largest absolute Gasteiger partial charge is 0.495 e. The number of rotatable bonds is 4. The molecule has 9 heteroatoms. The molecule has 1 N–H and O–H groups in total. The van der Waals surface area contributed by atoms with Gasteiger partial charge in [-0.2, -0.15) is 13.2 Å². The molecule has 1 amide bonds. The number of carbonyl (C=O) groups is 2. The highest BCUT2D eigenvalue weighted by molar-refractivity contribution is 6.07. The molecule has 0 fully saturated rings. The summed E-state index contributed by atoms with van der Waals surface area (Å²) in [6, 6.07) is 11.9. The summed E-state index contributed by atoms with van der Waals surface area (Å²) < 4.78 is 45.3. The molecule has 4 rings (SSSR count). The van der Waals surface area contributed by atoms with E-state index in [2.05, 4.69) is 5.32 Å². The van der Waals surface area contributed by atoms with Crippen molar-refractivity contribution in [2.24, 2.45) is 0 Å². The number of Topliss-reactive ketones (excluding diaryl/α,β-unsaturated/α-hetero) is 1. The van der Waals surface area contributed by atoms with Crippen molar-refractivity contribution in [2.45, 2.75) is 25.4 Å². The third-order valence-electron chi connectivity index (χ3n) is 5.47. The van der Waals surface area contributed by atoms with Crippen LogP contribution < -0.4 is 15.6 Å². The van der Waals surface area contributed by atoms with Crippen molar-refractivity contribution in [1.82, 2.24) is 4.57 Å². The summed E-state index contributed by atoms with van der Waals surface area (Å²) >= 11 is 0. The maximum atomic E-state index is 13.4. The molecule has 1 heterocycles. The molecule has 0 unspecified atom stereocenters. The van der Waals surface area contributed by atoms with Crippen LogP contribution >= 0.6 is 0 Å². The van der Waals surface area contributed by atoms with E-state index in [9.17, 15) is 27.6 Å². The highest BCUT2D eigenvalue weighted by Gasteiger charge is 2.31. The minimum Gasteiger partial charge on any atom is -0.495 e. The molecule has 0 spiro atoms. The maximum absolute atomic E-state index is 13.4. The van der Waals surface area contributed by atoms with Crippen LogP contribution in [0.1, 0.15) is 44.8 Å².